The van der Waals surface area contributed by atoms with Gasteiger partial charge < -0.3 is 5.32 Å². The molecule has 1 N–H and O–H groups in total. The fourth-order valence-electron chi connectivity index (χ4n) is 1.95. The maximum Gasteiger partial charge on any atom is 0.252 e. The second-order valence-corrected chi connectivity index (χ2v) is 5.71. The number of carbonyl (C=O) groups excluding carboxylic acids is 1. The largest absolute Gasteiger partial charge is 0.345 e. The van der Waals surface area contributed by atoms with Gasteiger partial charge >= 0.3 is 0 Å². The quantitative estimate of drug-likeness (QED) is 0.862. The summed E-state index contributed by atoms with van der Waals surface area (Å²) < 4.78 is 26.8. The summed E-state index contributed by atoms with van der Waals surface area (Å²) in [6.45, 7) is 3.61. The third-order valence-corrected chi connectivity index (χ3v) is 3.85. The molecule has 0 aliphatic rings. The Labute approximate surface area is 130 Å². The van der Waals surface area contributed by atoms with Gasteiger partial charge in [-0.25, -0.2) is 8.78 Å². The first kappa shape index (κ1) is 15.6. The monoisotopic (exact) mass is 353 g/mol. The highest BCUT2D eigenvalue weighted by Gasteiger charge is 2.15. The Morgan fingerprint density at radius 2 is 1.86 bits per heavy atom. The molecule has 0 aliphatic heterocycles. The summed E-state index contributed by atoms with van der Waals surface area (Å²) in [6.07, 6.45) is 0. The van der Waals surface area contributed by atoms with Gasteiger partial charge in [-0.1, -0.05) is 17.7 Å². The molecule has 1 atom stereocenters. The molecule has 110 valence electrons. The normalized spacial score (nSPS) is 12.0. The summed E-state index contributed by atoms with van der Waals surface area (Å²) in [7, 11) is 0. The van der Waals surface area contributed by atoms with Gasteiger partial charge in [0.15, 0.2) is 11.6 Å². The van der Waals surface area contributed by atoms with E-state index in [1.807, 2.05) is 13.0 Å². The summed E-state index contributed by atoms with van der Waals surface area (Å²) in [5.74, 6) is -2.10. The molecule has 0 bridgehead atoms. The van der Waals surface area contributed by atoms with Crippen molar-refractivity contribution in [2.24, 2.45) is 0 Å². The number of hydrogen-bond donors (Lipinski definition) is 1. The predicted molar refractivity (Wildman–Crippen MR) is 81.1 cm³/mol. The van der Waals surface area contributed by atoms with Crippen molar-refractivity contribution in [1.82, 2.24) is 5.32 Å². The molecule has 2 nitrogen and oxygen atoms in total. The molecule has 1 amide bonds. The first-order chi connectivity index (χ1) is 9.88. The first-order valence-corrected chi connectivity index (χ1v) is 7.19. The third-order valence-electron chi connectivity index (χ3n) is 3.16. The van der Waals surface area contributed by atoms with E-state index in [9.17, 15) is 13.6 Å². The van der Waals surface area contributed by atoms with Crippen LogP contribution in [-0.2, 0) is 0 Å². The van der Waals surface area contributed by atoms with Crippen molar-refractivity contribution in [1.29, 1.82) is 0 Å². The Morgan fingerprint density at radius 1 is 1.14 bits per heavy atom. The van der Waals surface area contributed by atoms with Gasteiger partial charge in [0.2, 0.25) is 0 Å². The zero-order valence-corrected chi connectivity index (χ0v) is 13.2. The van der Waals surface area contributed by atoms with E-state index in [4.69, 9.17) is 0 Å². The lowest BCUT2D eigenvalue weighted by molar-refractivity contribution is 0.0939. The van der Waals surface area contributed by atoms with Crippen LogP contribution in [-0.4, -0.2) is 5.91 Å². The van der Waals surface area contributed by atoms with Crippen LogP contribution >= 0.6 is 15.9 Å². The first-order valence-electron chi connectivity index (χ1n) is 6.40. The zero-order chi connectivity index (χ0) is 15.6. The molecule has 5 heteroatoms. The van der Waals surface area contributed by atoms with Crippen LogP contribution in [0.1, 0.15) is 34.5 Å². The lowest BCUT2D eigenvalue weighted by atomic mass is 10.1. The van der Waals surface area contributed by atoms with E-state index in [2.05, 4.69) is 21.2 Å². The van der Waals surface area contributed by atoms with Crippen molar-refractivity contribution in [2.75, 3.05) is 0 Å². The van der Waals surface area contributed by atoms with Crippen LogP contribution in [0.3, 0.4) is 0 Å². The number of aryl methyl sites for hydroxylation is 1. The maximum atomic E-state index is 13.2. The van der Waals surface area contributed by atoms with Crippen molar-refractivity contribution in [2.45, 2.75) is 19.9 Å². The van der Waals surface area contributed by atoms with Crippen LogP contribution in [0.4, 0.5) is 8.78 Å². The zero-order valence-electron chi connectivity index (χ0n) is 11.6. The average Bonchev–Trinajstić information content (AvgIpc) is 2.44. The molecule has 0 aliphatic carbocycles. The standard InChI is InChI=1S/C16H14BrF2NO/c1-9-3-5-13(17)12(7-9)16(21)20-10(2)11-4-6-14(18)15(19)8-11/h3-8,10H,1-2H3,(H,20,21). The van der Waals surface area contributed by atoms with E-state index >= 15 is 0 Å². The molecular weight excluding hydrogens is 340 g/mol. The van der Waals surface area contributed by atoms with Gasteiger partial charge in [-0.2, -0.15) is 0 Å². The topological polar surface area (TPSA) is 29.1 Å². The van der Waals surface area contributed by atoms with Crippen molar-refractivity contribution in [3.05, 3.63) is 69.2 Å². The lowest BCUT2D eigenvalue weighted by Gasteiger charge is -2.15. The highest BCUT2D eigenvalue weighted by atomic mass is 79.9. The van der Waals surface area contributed by atoms with E-state index in [0.717, 1.165) is 17.7 Å². The summed E-state index contributed by atoms with van der Waals surface area (Å²) in [4.78, 5) is 12.2. The van der Waals surface area contributed by atoms with Crippen LogP contribution in [0.2, 0.25) is 0 Å². The minimum absolute atomic E-state index is 0.275. The van der Waals surface area contributed by atoms with Crippen LogP contribution in [0, 0.1) is 18.6 Å². The molecule has 0 heterocycles. The predicted octanol–water partition coefficient (Wildman–Crippen LogP) is 4.53. The van der Waals surface area contributed by atoms with Crippen LogP contribution < -0.4 is 5.32 Å². The maximum absolute atomic E-state index is 13.2. The summed E-state index contributed by atoms with van der Waals surface area (Å²) >= 11 is 3.33. The Kier molecular flexibility index (Phi) is 4.73. The third kappa shape index (κ3) is 3.67. The van der Waals surface area contributed by atoms with Crippen molar-refractivity contribution >= 4 is 21.8 Å². The second kappa shape index (κ2) is 6.35. The van der Waals surface area contributed by atoms with Crippen molar-refractivity contribution in [3.63, 3.8) is 0 Å². The van der Waals surface area contributed by atoms with Gasteiger partial charge in [0.1, 0.15) is 0 Å². The fraction of sp³-hybridized carbons (Fsp3) is 0.188. The number of benzene rings is 2. The van der Waals surface area contributed by atoms with Crippen molar-refractivity contribution < 1.29 is 13.6 Å². The van der Waals surface area contributed by atoms with E-state index in [0.29, 0.717) is 15.6 Å². The van der Waals surface area contributed by atoms with Gasteiger partial charge in [-0.3, -0.25) is 4.79 Å². The smallest absolute Gasteiger partial charge is 0.252 e. The molecule has 0 fully saturated rings. The molecule has 0 radical (unpaired) electrons. The van der Waals surface area contributed by atoms with Gasteiger partial charge in [-0.15, -0.1) is 0 Å². The molecule has 0 spiro atoms. The number of amides is 1. The molecule has 2 rings (SSSR count). The molecular formula is C16H14BrF2NO. The summed E-state index contributed by atoms with van der Waals surface area (Å²) in [6, 6.07) is 8.61. The Bertz CT molecular complexity index is 688. The van der Waals surface area contributed by atoms with E-state index in [1.165, 1.54) is 6.07 Å². The molecule has 0 saturated carbocycles. The van der Waals surface area contributed by atoms with Gasteiger partial charge in [-0.05, 0) is 59.6 Å². The van der Waals surface area contributed by atoms with E-state index in [1.54, 1.807) is 19.1 Å². The molecule has 0 aromatic heterocycles. The average molecular weight is 354 g/mol. The number of hydrogen-bond acceptors (Lipinski definition) is 1. The van der Waals surface area contributed by atoms with Crippen LogP contribution in [0.5, 0.6) is 0 Å². The SMILES string of the molecule is Cc1ccc(Br)c(C(=O)NC(C)c2ccc(F)c(F)c2)c1. The summed E-state index contributed by atoms with van der Waals surface area (Å²) in [5.41, 5.74) is 1.97. The Morgan fingerprint density at radius 3 is 2.52 bits per heavy atom. The molecule has 1 unspecified atom stereocenters. The fourth-order valence-corrected chi connectivity index (χ4v) is 2.38. The van der Waals surface area contributed by atoms with E-state index < -0.39 is 17.7 Å². The molecule has 0 saturated heterocycles. The van der Waals surface area contributed by atoms with Gasteiger partial charge in [0, 0.05) is 4.47 Å². The number of halogens is 3. The molecule has 2 aromatic carbocycles. The lowest BCUT2D eigenvalue weighted by Crippen LogP contribution is -2.27. The molecule has 21 heavy (non-hydrogen) atoms. The number of carbonyl (C=O) groups is 1. The second-order valence-electron chi connectivity index (χ2n) is 4.85. The van der Waals surface area contributed by atoms with Crippen molar-refractivity contribution in [3.8, 4) is 0 Å². The highest BCUT2D eigenvalue weighted by Crippen LogP contribution is 2.20. The molecule has 2 aromatic rings. The van der Waals surface area contributed by atoms with E-state index in [-0.39, 0.29) is 5.91 Å². The summed E-state index contributed by atoms with van der Waals surface area (Å²) in [5, 5.41) is 2.77. The minimum atomic E-state index is -0.926. The number of rotatable bonds is 3. The van der Waals surface area contributed by atoms with Gasteiger partial charge in [0.25, 0.3) is 5.91 Å². The van der Waals surface area contributed by atoms with Crippen LogP contribution in [0.15, 0.2) is 40.9 Å². The number of nitrogens with one attached hydrogen (secondary N) is 1. The Hall–Kier alpha value is -1.75. The minimum Gasteiger partial charge on any atom is -0.345 e. The highest BCUT2D eigenvalue weighted by molar-refractivity contribution is 9.10. The Balaban J connectivity index is 2.18. The van der Waals surface area contributed by atoms with Gasteiger partial charge in [0.05, 0.1) is 11.6 Å². The van der Waals surface area contributed by atoms with Crippen LogP contribution in [0.25, 0.3) is 0 Å².